The van der Waals surface area contributed by atoms with E-state index in [1.165, 1.54) is 18.5 Å². The summed E-state index contributed by atoms with van der Waals surface area (Å²) in [5, 5.41) is 16.3. The third kappa shape index (κ3) is 3.06. The van der Waals surface area contributed by atoms with Crippen LogP contribution in [0.2, 0.25) is 5.02 Å². The summed E-state index contributed by atoms with van der Waals surface area (Å²) in [5.41, 5.74) is 5.63. The molecule has 4 rings (SSSR count). The van der Waals surface area contributed by atoms with E-state index in [0.29, 0.717) is 33.8 Å². The first kappa shape index (κ1) is 16.9. The summed E-state index contributed by atoms with van der Waals surface area (Å²) in [6, 6.07) is 12.0. The molecule has 0 radical (unpaired) electrons. The summed E-state index contributed by atoms with van der Waals surface area (Å²) < 4.78 is 5.82. The lowest BCUT2D eigenvalue weighted by Crippen LogP contribution is -2.02. The number of nitrogens with one attached hydrogen (secondary N) is 1. The van der Waals surface area contributed by atoms with Gasteiger partial charge in [-0.2, -0.15) is 5.10 Å². The fourth-order valence-corrected chi connectivity index (χ4v) is 2.87. The number of hydrazone groups is 1. The zero-order valence-corrected chi connectivity index (χ0v) is 14.8. The predicted octanol–water partition coefficient (Wildman–Crippen LogP) is 4.77. The molecule has 0 atom stereocenters. The van der Waals surface area contributed by atoms with Gasteiger partial charge < -0.3 is 4.42 Å². The van der Waals surface area contributed by atoms with Crippen LogP contribution in [-0.4, -0.2) is 20.6 Å². The standard InChI is InChI=1S/C18H12ClN5O3/c1-10(11-6-7-13(19)14(8-11)24(25)26)22-23-18-17-16(20-9-21-18)12-4-2-3-5-15(12)27-17/h2-9H,1H3,(H,20,21,23)/b22-10-. The minimum atomic E-state index is -0.533. The minimum absolute atomic E-state index is 0.0734. The van der Waals surface area contributed by atoms with Gasteiger partial charge in [-0.3, -0.25) is 15.5 Å². The number of nitro benzene ring substituents is 1. The molecular weight excluding hydrogens is 370 g/mol. The van der Waals surface area contributed by atoms with Crippen LogP contribution < -0.4 is 5.43 Å². The number of halogens is 1. The highest BCUT2D eigenvalue weighted by molar-refractivity contribution is 6.32. The Bertz CT molecular complexity index is 1220. The molecule has 134 valence electrons. The van der Waals surface area contributed by atoms with Gasteiger partial charge in [-0.05, 0) is 25.1 Å². The summed E-state index contributed by atoms with van der Waals surface area (Å²) in [6.07, 6.45) is 1.42. The molecule has 2 aromatic carbocycles. The van der Waals surface area contributed by atoms with E-state index in [4.69, 9.17) is 16.0 Å². The number of fused-ring (bicyclic) bond motifs is 3. The maximum atomic E-state index is 11.0. The van der Waals surface area contributed by atoms with Crippen molar-refractivity contribution in [3.8, 4) is 0 Å². The van der Waals surface area contributed by atoms with Gasteiger partial charge in [0.05, 0.1) is 10.6 Å². The molecule has 2 aromatic heterocycles. The molecule has 0 amide bonds. The van der Waals surface area contributed by atoms with Crippen molar-refractivity contribution in [2.45, 2.75) is 6.92 Å². The van der Waals surface area contributed by atoms with Gasteiger partial charge >= 0.3 is 0 Å². The lowest BCUT2D eigenvalue weighted by Gasteiger charge is -2.04. The molecule has 0 aliphatic rings. The number of benzene rings is 2. The van der Waals surface area contributed by atoms with E-state index in [1.807, 2.05) is 24.3 Å². The first-order valence-electron chi connectivity index (χ1n) is 7.91. The van der Waals surface area contributed by atoms with E-state index in [-0.39, 0.29) is 10.7 Å². The Kier molecular flexibility index (Phi) is 4.17. The van der Waals surface area contributed by atoms with Gasteiger partial charge in [0.15, 0.2) is 11.4 Å². The molecule has 8 nitrogen and oxygen atoms in total. The number of anilines is 1. The number of nitro groups is 1. The topological polar surface area (TPSA) is 106 Å². The Morgan fingerprint density at radius 2 is 2.07 bits per heavy atom. The summed E-state index contributed by atoms with van der Waals surface area (Å²) in [6.45, 7) is 1.72. The summed E-state index contributed by atoms with van der Waals surface area (Å²) in [4.78, 5) is 19.0. The number of para-hydroxylation sites is 1. The third-order valence-electron chi connectivity index (χ3n) is 4.05. The molecule has 4 aromatic rings. The lowest BCUT2D eigenvalue weighted by atomic mass is 10.1. The number of nitrogens with zero attached hydrogens (tertiary/aromatic N) is 4. The smallest absolute Gasteiger partial charge is 0.288 e. The second-order valence-corrected chi connectivity index (χ2v) is 6.14. The van der Waals surface area contributed by atoms with Crippen LogP contribution in [0.4, 0.5) is 11.5 Å². The van der Waals surface area contributed by atoms with Crippen molar-refractivity contribution in [3.63, 3.8) is 0 Å². The first-order chi connectivity index (χ1) is 13.0. The van der Waals surface area contributed by atoms with E-state index < -0.39 is 4.92 Å². The van der Waals surface area contributed by atoms with Gasteiger partial charge in [-0.25, -0.2) is 9.97 Å². The number of furan rings is 1. The Labute approximate surface area is 157 Å². The Morgan fingerprint density at radius 1 is 1.26 bits per heavy atom. The maximum absolute atomic E-state index is 11.0. The largest absolute Gasteiger partial charge is 0.450 e. The molecule has 9 heteroatoms. The highest BCUT2D eigenvalue weighted by Gasteiger charge is 2.15. The average Bonchev–Trinajstić information content (AvgIpc) is 3.05. The lowest BCUT2D eigenvalue weighted by molar-refractivity contribution is -0.384. The van der Waals surface area contributed by atoms with Gasteiger partial charge in [0.25, 0.3) is 5.69 Å². The van der Waals surface area contributed by atoms with Crippen LogP contribution in [0.1, 0.15) is 12.5 Å². The van der Waals surface area contributed by atoms with Crippen molar-refractivity contribution >= 4 is 50.9 Å². The predicted molar refractivity (Wildman–Crippen MR) is 103 cm³/mol. The second-order valence-electron chi connectivity index (χ2n) is 5.73. The van der Waals surface area contributed by atoms with E-state index in [9.17, 15) is 10.1 Å². The van der Waals surface area contributed by atoms with Gasteiger partial charge in [-0.1, -0.05) is 29.8 Å². The number of rotatable bonds is 4. The third-order valence-corrected chi connectivity index (χ3v) is 4.37. The van der Waals surface area contributed by atoms with Gasteiger partial charge in [0, 0.05) is 17.0 Å². The van der Waals surface area contributed by atoms with Crippen molar-refractivity contribution in [2.75, 3.05) is 5.43 Å². The molecule has 0 aliphatic carbocycles. The summed E-state index contributed by atoms with van der Waals surface area (Å²) in [7, 11) is 0. The SMILES string of the molecule is C/C(=N/Nc1ncnc2c1oc1ccccc12)c1ccc(Cl)c([N+](=O)[O-])c1. The molecule has 1 N–H and O–H groups in total. The highest BCUT2D eigenvalue weighted by Crippen LogP contribution is 2.30. The fourth-order valence-electron chi connectivity index (χ4n) is 2.68. The zero-order valence-electron chi connectivity index (χ0n) is 14.0. The monoisotopic (exact) mass is 381 g/mol. The van der Waals surface area contributed by atoms with Crippen LogP contribution >= 0.6 is 11.6 Å². The summed E-state index contributed by atoms with van der Waals surface area (Å²) in [5.74, 6) is 0.402. The molecule has 0 saturated heterocycles. The van der Waals surface area contributed by atoms with Crippen molar-refractivity contribution in [1.82, 2.24) is 9.97 Å². The van der Waals surface area contributed by atoms with E-state index >= 15 is 0 Å². The molecular formula is C18H12ClN5O3. The average molecular weight is 382 g/mol. The highest BCUT2D eigenvalue weighted by atomic mass is 35.5. The molecule has 0 aliphatic heterocycles. The van der Waals surface area contributed by atoms with Crippen LogP contribution in [0, 0.1) is 10.1 Å². The Hall–Kier alpha value is -3.52. The van der Waals surface area contributed by atoms with Crippen molar-refractivity contribution < 1.29 is 9.34 Å². The molecule has 0 fully saturated rings. The number of aromatic nitrogens is 2. The zero-order chi connectivity index (χ0) is 19.0. The number of hydrogen-bond acceptors (Lipinski definition) is 7. The van der Waals surface area contributed by atoms with Crippen LogP contribution in [0.3, 0.4) is 0 Å². The van der Waals surface area contributed by atoms with Crippen LogP contribution in [0.25, 0.3) is 22.1 Å². The molecule has 27 heavy (non-hydrogen) atoms. The quantitative estimate of drug-likeness (QED) is 0.310. The van der Waals surface area contributed by atoms with E-state index in [0.717, 1.165) is 5.39 Å². The Morgan fingerprint density at radius 3 is 2.89 bits per heavy atom. The Balaban J connectivity index is 1.70. The number of hydrogen-bond donors (Lipinski definition) is 1. The first-order valence-corrected chi connectivity index (χ1v) is 8.29. The van der Waals surface area contributed by atoms with Gasteiger partial charge in [-0.15, -0.1) is 0 Å². The summed E-state index contributed by atoms with van der Waals surface area (Å²) >= 11 is 5.85. The fraction of sp³-hybridized carbons (Fsp3) is 0.0556. The van der Waals surface area contributed by atoms with E-state index in [2.05, 4.69) is 20.5 Å². The van der Waals surface area contributed by atoms with Crippen molar-refractivity contribution in [3.05, 3.63) is 69.5 Å². The van der Waals surface area contributed by atoms with Gasteiger partial charge in [0.2, 0.25) is 0 Å². The van der Waals surface area contributed by atoms with Crippen LogP contribution in [0.15, 0.2) is 58.3 Å². The normalized spacial score (nSPS) is 11.9. The minimum Gasteiger partial charge on any atom is -0.450 e. The second kappa shape index (κ2) is 6.65. The maximum Gasteiger partial charge on any atom is 0.288 e. The van der Waals surface area contributed by atoms with Crippen molar-refractivity contribution in [1.29, 1.82) is 0 Å². The van der Waals surface area contributed by atoms with Gasteiger partial charge in [0.1, 0.15) is 22.4 Å². The molecule has 0 saturated carbocycles. The molecule has 0 spiro atoms. The molecule has 0 bridgehead atoms. The van der Waals surface area contributed by atoms with E-state index in [1.54, 1.807) is 13.0 Å². The molecule has 0 unspecified atom stereocenters. The van der Waals surface area contributed by atoms with Crippen molar-refractivity contribution in [2.24, 2.45) is 5.10 Å². The van der Waals surface area contributed by atoms with Crippen LogP contribution in [-0.2, 0) is 0 Å². The molecule has 2 heterocycles. The van der Waals surface area contributed by atoms with Crippen LogP contribution in [0.5, 0.6) is 0 Å².